The first-order valence-electron chi connectivity index (χ1n) is 5.77. The lowest BCUT2D eigenvalue weighted by molar-refractivity contribution is 0.970. The lowest BCUT2D eigenvalue weighted by Gasteiger charge is -2.09. The van der Waals surface area contributed by atoms with E-state index in [2.05, 4.69) is 35.6 Å². The number of thiophene rings is 1. The summed E-state index contributed by atoms with van der Waals surface area (Å²) >= 11 is 14.0. The second kappa shape index (κ2) is 5.91. The van der Waals surface area contributed by atoms with Gasteiger partial charge in [0.1, 0.15) is 5.82 Å². The summed E-state index contributed by atoms with van der Waals surface area (Å²) in [5.74, 6) is 0.696. The van der Waals surface area contributed by atoms with Crippen molar-refractivity contribution < 1.29 is 0 Å². The highest BCUT2D eigenvalue weighted by molar-refractivity contribution is 7.10. The van der Waals surface area contributed by atoms with Crippen molar-refractivity contribution in [2.24, 2.45) is 0 Å². The zero-order valence-corrected chi connectivity index (χ0v) is 12.6. The number of nitrogens with zero attached hydrogens (tertiary/aromatic N) is 1. The first-order chi connectivity index (χ1) is 8.61. The maximum atomic E-state index is 6.21. The van der Waals surface area contributed by atoms with Crippen molar-refractivity contribution in [3.05, 3.63) is 32.4 Å². The molecule has 0 aromatic carbocycles. The molecule has 0 aliphatic heterocycles. The van der Waals surface area contributed by atoms with Crippen LogP contribution in [-0.4, -0.2) is 11.5 Å². The van der Waals surface area contributed by atoms with Crippen molar-refractivity contribution in [2.75, 3.05) is 11.9 Å². The fourth-order valence-corrected chi connectivity index (χ4v) is 2.83. The van der Waals surface area contributed by atoms with E-state index in [0.717, 1.165) is 24.2 Å². The molecule has 2 aromatic heterocycles. The standard InChI is InChI=1S/C13H14Cl2N2S/c1-3-4-16-13-11(15)6-10(14)12(17-13)9-5-8(2)18-7-9/h5-7H,3-4H2,1-2H3,(H,16,17). The van der Waals surface area contributed by atoms with E-state index in [1.165, 1.54) is 4.88 Å². The zero-order chi connectivity index (χ0) is 13.1. The second-order valence-corrected chi connectivity index (χ2v) is 5.95. The summed E-state index contributed by atoms with van der Waals surface area (Å²) in [6.45, 7) is 5.00. The van der Waals surface area contributed by atoms with Gasteiger partial charge >= 0.3 is 0 Å². The highest BCUT2D eigenvalue weighted by atomic mass is 35.5. The minimum atomic E-state index is 0.559. The average molecular weight is 301 g/mol. The first-order valence-corrected chi connectivity index (χ1v) is 7.40. The topological polar surface area (TPSA) is 24.9 Å². The fraction of sp³-hybridized carbons (Fsp3) is 0.308. The Bertz CT molecular complexity index is 552. The normalized spacial score (nSPS) is 10.7. The SMILES string of the molecule is CCCNc1nc(-c2csc(C)c2)c(Cl)cc1Cl. The Morgan fingerprint density at radius 3 is 2.67 bits per heavy atom. The van der Waals surface area contributed by atoms with Crippen LogP contribution in [0.25, 0.3) is 11.3 Å². The van der Waals surface area contributed by atoms with Gasteiger partial charge in [-0.15, -0.1) is 11.3 Å². The Labute approximate surface area is 121 Å². The van der Waals surface area contributed by atoms with E-state index in [1.54, 1.807) is 17.4 Å². The van der Waals surface area contributed by atoms with Crippen LogP contribution in [0.3, 0.4) is 0 Å². The molecule has 0 aliphatic carbocycles. The molecule has 18 heavy (non-hydrogen) atoms. The van der Waals surface area contributed by atoms with Crippen LogP contribution in [-0.2, 0) is 0 Å². The number of pyridine rings is 1. The third kappa shape index (κ3) is 2.97. The van der Waals surface area contributed by atoms with E-state index in [1.807, 2.05) is 0 Å². The van der Waals surface area contributed by atoms with Crippen LogP contribution in [0.2, 0.25) is 10.0 Å². The van der Waals surface area contributed by atoms with Crippen molar-refractivity contribution in [1.82, 2.24) is 4.98 Å². The lowest BCUT2D eigenvalue weighted by atomic mass is 10.2. The van der Waals surface area contributed by atoms with Gasteiger partial charge in [0, 0.05) is 22.4 Å². The molecular formula is C13H14Cl2N2S. The molecule has 2 aromatic rings. The Hall–Kier alpha value is -0.770. The number of anilines is 1. The number of aryl methyl sites for hydroxylation is 1. The maximum Gasteiger partial charge on any atom is 0.145 e. The van der Waals surface area contributed by atoms with Crippen molar-refractivity contribution in [3.63, 3.8) is 0 Å². The summed E-state index contributed by atoms with van der Waals surface area (Å²) in [4.78, 5) is 5.76. The van der Waals surface area contributed by atoms with Crippen molar-refractivity contribution in [2.45, 2.75) is 20.3 Å². The predicted octanol–water partition coefficient (Wildman–Crippen LogP) is 5.25. The molecule has 0 radical (unpaired) electrons. The molecule has 5 heteroatoms. The van der Waals surface area contributed by atoms with Gasteiger partial charge in [0.15, 0.2) is 0 Å². The fourth-order valence-electron chi connectivity index (χ4n) is 1.60. The molecule has 1 N–H and O–H groups in total. The third-order valence-corrected chi connectivity index (χ3v) is 3.91. The van der Waals surface area contributed by atoms with Gasteiger partial charge < -0.3 is 5.32 Å². The highest BCUT2D eigenvalue weighted by Crippen LogP contribution is 2.34. The van der Waals surface area contributed by atoms with Crippen LogP contribution in [0.5, 0.6) is 0 Å². The Kier molecular flexibility index (Phi) is 4.49. The number of hydrogen-bond donors (Lipinski definition) is 1. The van der Waals surface area contributed by atoms with Crippen molar-refractivity contribution in [1.29, 1.82) is 0 Å². The maximum absolute atomic E-state index is 6.21. The Morgan fingerprint density at radius 1 is 1.28 bits per heavy atom. The van der Waals surface area contributed by atoms with Crippen LogP contribution in [0.4, 0.5) is 5.82 Å². The zero-order valence-electron chi connectivity index (χ0n) is 10.3. The third-order valence-electron chi connectivity index (χ3n) is 2.48. The van der Waals surface area contributed by atoms with Crippen LogP contribution in [0.15, 0.2) is 17.5 Å². The van der Waals surface area contributed by atoms with Gasteiger partial charge in [0.25, 0.3) is 0 Å². The van der Waals surface area contributed by atoms with Crippen LogP contribution in [0.1, 0.15) is 18.2 Å². The van der Waals surface area contributed by atoms with Gasteiger partial charge in [0.2, 0.25) is 0 Å². The van der Waals surface area contributed by atoms with E-state index in [4.69, 9.17) is 23.2 Å². The van der Waals surface area contributed by atoms with E-state index in [9.17, 15) is 0 Å². The van der Waals surface area contributed by atoms with Crippen LogP contribution in [0, 0.1) is 6.92 Å². The van der Waals surface area contributed by atoms with Gasteiger partial charge in [-0.25, -0.2) is 4.98 Å². The van der Waals surface area contributed by atoms with Gasteiger partial charge in [0.05, 0.1) is 15.7 Å². The van der Waals surface area contributed by atoms with Gasteiger partial charge in [-0.05, 0) is 25.5 Å². The molecule has 2 nitrogen and oxygen atoms in total. The molecular weight excluding hydrogens is 287 g/mol. The summed E-state index contributed by atoms with van der Waals surface area (Å²) in [6.07, 6.45) is 1.02. The van der Waals surface area contributed by atoms with Gasteiger partial charge in [-0.2, -0.15) is 0 Å². The number of aromatic nitrogens is 1. The smallest absolute Gasteiger partial charge is 0.145 e. The van der Waals surface area contributed by atoms with E-state index in [0.29, 0.717) is 15.9 Å². The molecule has 0 bridgehead atoms. The van der Waals surface area contributed by atoms with Crippen LogP contribution < -0.4 is 5.32 Å². The molecule has 2 heterocycles. The lowest BCUT2D eigenvalue weighted by Crippen LogP contribution is -2.03. The number of halogens is 2. The average Bonchev–Trinajstić information content (AvgIpc) is 2.74. The van der Waals surface area contributed by atoms with Crippen molar-refractivity contribution in [3.8, 4) is 11.3 Å². The second-order valence-electron chi connectivity index (χ2n) is 4.02. The summed E-state index contributed by atoms with van der Waals surface area (Å²) < 4.78 is 0. The van der Waals surface area contributed by atoms with E-state index < -0.39 is 0 Å². The summed E-state index contributed by atoms with van der Waals surface area (Å²) in [5.41, 5.74) is 1.82. The van der Waals surface area contributed by atoms with Crippen molar-refractivity contribution >= 4 is 40.4 Å². The van der Waals surface area contributed by atoms with Crippen LogP contribution >= 0.6 is 34.5 Å². The van der Waals surface area contributed by atoms with Gasteiger partial charge in [-0.1, -0.05) is 30.1 Å². The largest absolute Gasteiger partial charge is 0.369 e. The summed E-state index contributed by atoms with van der Waals surface area (Å²) in [6, 6.07) is 3.83. The summed E-state index contributed by atoms with van der Waals surface area (Å²) in [7, 11) is 0. The highest BCUT2D eigenvalue weighted by Gasteiger charge is 2.11. The number of nitrogens with one attached hydrogen (secondary N) is 1. The molecule has 0 spiro atoms. The quantitative estimate of drug-likeness (QED) is 0.834. The molecule has 96 valence electrons. The monoisotopic (exact) mass is 300 g/mol. The number of rotatable bonds is 4. The Balaban J connectivity index is 2.41. The molecule has 2 rings (SSSR count). The molecule has 0 amide bonds. The van der Waals surface area contributed by atoms with Gasteiger partial charge in [-0.3, -0.25) is 0 Å². The number of hydrogen-bond acceptors (Lipinski definition) is 3. The summed E-state index contributed by atoms with van der Waals surface area (Å²) in [5, 5.41) is 6.41. The predicted molar refractivity (Wildman–Crippen MR) is 81.1 cm³/mol. The molecule has 0 atom stereocenters. The Morgan fingerprint density at radius 2 is 2.06 bits per heavy atom. The van der Waals surface area contributed by atoms with E-state index >= 15 is 0 Å². The first kappa shape index (κ1) is 13.7. The molecule has 0 aliphatic rings. The molecule has 0 unspecified atom stereocenters. The molecule has 0 saturated heterocycles. The molecule has 0 saturated carbocycles. The minimum Gasteiger partial charge on any atom is -0.369 e. The minimum absolute atomic E-state index is 0.559. The van der Waals surface area contributed by atoms with E-state index in [-0.39, 0.29) is 0 Å². The molecule has 0 fully saturated rings.